The summed E-state index contributed by atoms with van der Waals surface area (Å²) in [7, 11) is 1.37. The number of halogens is 3. The molecule has 31 heavy (non-hydrogen) atoms. The van der Waals surface area contributed by atoms with E-state index in [1.165, 1.54) is 7.11 Å². The predicted octanol–water partition coefficient (Wildman–Crippen LogP) is 3.23. The average molecular weight is 434 g/mol. The van der Waals surface area contributed by atoms with Crippen LogP contribution in [-0.4, -0.2) is 56.3 Å². The van der Waals surface area contributed by atoms with Crippen LogP contribution in [0.2, 0.25) is 0 Å². The molecule has 0 saturated carbocycles. The number of likely N-dealkylation sites (tertiary alicyclic amines) is 1. The first-order valence-corrected chi connectivity index (χ1v) is 10.1. The molecule has 0 spiro atoms. The Hall–Kier alpha value is -2.72. The minimum Gasteiger partial charge on any atom is -0.495 e. The maximum Gasteiger partial charge on any atom is 0.418 e. The molecule has 0 amide bonds. The van der Waals surface area contributed by atoms with E-state index in [0.29, 0.717) is 24.4 Å². The van der Waals surface area contributed by atoms with Gasteiger partial charge in [0.05, 0.1) is 37.0 Å². The number of methoxy groups -OCH3 is 1. The Kier molecular flexibility index (Phi) is 6.10. The number of aliphatic hydroxyl groups excluding tert-OH is 1. The van der Waals surface area contributed by atoms with Gasteiger partial charge in [-0.2, -0.15) is 13.2 Å². The van der Waals surface area contributed by atoms with Gasteiger partial charge in [0.25, 0.3) is 0 Å². The topological polar surface area (TPSA) is 76.3 Å². The predicted molar refractivity (Wildman–Crippen MR) is 108 cm³/mol. The third-order valence-electron chi connectivity index (χ3n) is 5.70. The van der Waals surface area contributed by atoms with Crippen molar-refractivity contribution >= 4 is 11.2 Å². The third kappa shape index (κ3) is 4.49. The fourth-order valence-electron chi connectivity index (χ4n) is 4.12. The molecule has 0 unspecified atom stereocenters. The Bertz CT molecular complexity index is 1050. The smallest absolute Gasteiger partial charge is 0.418 e. The number of imidazole rings is 1. The number of aromatic nitrogens is 4. The van der Waals surface area contributed by atoms with Crippen LogP contribution in [0.25, 0.3) is 11.2 Å². The quantitative estimate of drug-likeness (QED) is 0.642. The number of hydrogen-bond acceptors (Lipinski definition) is 6. The molecule has 1 N–H and O–H groups in total. The molecule has 0 radical (unpaired) electrons. The molecule has 4 rings (SSSR count). The number of rotatable bonds is 6. The molecule has 3 aromatic heterocycles. The molecule has 10 heteroatoms. The van der Waals surface area contributed by atoms with Gasteiger partial charge in [0.15, 0.2) is 5.65 Å². The Morgan fingerprint density at radius 2 is 2.00 bits per heavy atom. The lowest BCUT2D eigenvalue weighted by Gasteiger charge is -2.32. The van der Waals surface area contributed by atoms with E-state index in [9.17, 15) is 18.3 Å². The fraction of sp³-hybridized carbons (Fsp3) is 0.476. The summed E-state index contributed by atoms with van der Waals surface area (Å²) in [5.74, 6) is 1.06. The van der Waals surface area contributed by atoms with Crippen molar-refractivity contribution in [3.8, 4) is 5.75 Å². The first-order valence-electron chi connectivity index (χ1n) is 10.1. The number of alkyl halides is 3. The maximum atomic E-state index is 13.0. The zero-order valence-corrected chi connectivity index (χ0v) is 17.1. The van der Waals surface area contributed by atoms with Crippen molar-refractivity contribution in [1.82, 2.24) is 24.4 Å². The molecule has 3 aromatic rings. The minimum absolute atomic E-state index is 0.00874. The van der Waals surface area contributed by atoms with Crippen LogP contribution in [0.15, 0.2) is 30.6 Å². The lowest BCUT2D eigenvalue weighted by Crippen LogP contribution is -2.34. The van der Waals surface area contributed by atoms with Crippen molar-refractivity contribution in [3.05, 3.63) is 47.7 Å². The first kappa shape index (κ1) is 21.5. The second kappa shape index (κ2) is 8.80. The van der Waals surface area contributed by atoms with Gasteiger partial charge in [-0.3, -0.25) is 9.88 Å². The van der Waals surface area contributed by atoms with E-state index in [1.54, 1.807) is 6.20 Å². The Morgan fingerprint density at radius 1 is 1.23 bits per heavy atom. The molecular weight excluding hydrogens is 410 g/mol. The lowest BCUT2D eigenvalue weighted by atomic mass is 9.92. The zero-order valence-electron chi connectivity index (χ0n) is 17.1. The average Bonchev–Trinajstić information content (AvgIpc) is 3.10. The fourth-order valence-corrected chi connectivity index (χ4v) is 4.12. The molecule has 0 aromatic carbocycles. The highest BCUT2D eigenvalue weighted by Gasteiger charge is 2.33. The summed E-state index contributed by atoms with van der Waals surface area (Å²) in [6, 6.07) is 4.81. The summed E-state index contributed by atoms with van der Waals surface area (Å²) in [6.07, 6.45) is -0.357. The lowest BCUT2D eigenvalue weighted by molar-refractivity contribution is -0.138. The van der Waals surface area contributed by atoms with E-state index >= 15 is 0 Å². The molecule has 166 valence electrons. The van der Waals surface area contributed by atoms with Gasteiger partial charge in [-0.25, -0.2) is 9.97 Å². The number of fused-ring (bicyclic) bond motifs is 1. The number of pyridine rings is 2. The highest BCUT2D eigenvalue weighted by molar-refractivity contribution is 5.71. The van der Waals surface area contributed by atoms with Gasteiger partial charge in [0.1, 0.15) is 11.6 Å². The Labute approximate surface area is 177 Å². The van der Waals surface area contributed by atoms with Gasteiger partial charge in [0, 0.05) is 24.9 Å². The van der Waals surface area contributed by atoms with Crippen molar-refractivity contribution in [2.24, 2.45) is 0 Å². The molecule has 1 fully saturated rings. The van der Waals surface area contributed by atoms with E-state index in [-0.39, 0.29) is 18.3 Å². The van der Waals surface area contributed by atoms with Gasteiger partial charge in [-0.15, -0.1) is 0 Å². The Balaban J connectivity index is 1.46. The van der Waals surface area contributed by atoms with E-state index in [4.69, 9.17) is 4.74 Å². The summed E-state index contributed by atoms with van der Waals surface area (Å²) in [5.41, 5.74) is 1.31. The standard InChI is InChI=1S/C21H24F3N5O2/c1-31-17-11-15(21(22,23)24)12-26-19(17)14-4-7-28(8-5-14)13-18-27-20-16(3-2-6-25-20)29(18)9-10-30/h2-3,6,11-12,14,30H,4-5,7-10,13H2,1H3/i1-1. The summed E-state index contributed by atoms with van der Waals surface area (Å²) in [5, 5.41) is 9.44. The molecular formula is C21H24F3N5O2. The Morgan fingerprint density at radius 3 is 2.68 bits per heavy atom. The molecule has 1 aliphatic heterocycles. The number of piperidine rings is 1. The van der Waals surface area contributed by atoms with Crippen molar-refractivity contribution in [3.63, 3.8) is 0 Å². The van der Waals surface area contributed by atoms with Crippen LogP contribution in [0.5, 0.6) is 5.75 Å². The van der Waals surface area contributed by atoms with Gasteiger partial charge >= 0.3 is 6.18 Å². The SMILES string of the molecule is [11CH3]Oc1cc(C(F)(F)F)cnc1C1CCN(Cc2nc3ncccc3n2CCO)CC1. The van der Waals surface area contributed by atoms with Crippen molar-refractivity contribution < 1.29 is 23.0 Å². The monoisotopic (exact) mass is 434 g/mol. The van der Waals surface area contributed by atoms with Crippen LogP contribution in [-0.2, 0) is 19.3 Å². The number of aliphatic hydroxyl groups is 1. The second-order valence-corrected chi connectivity index (χ2v) is 7.61. The second-order valence-electron chi connectivity index (χ2n) is 7.61. The van der Waals surface area contributed by atoms with E-state index < -0.39 is 11.7 Å². The minimum atomic E-state index is -4.45. The zero-order chi connectivity index (χ0) is 22.0. The van der Waals surface area contributed by atoms with Crippen molar-refractivity contribution in [1.29, 1.82) is 0 Å². The van der Waals surface area contributed by atoms with Crippen LogP contribution in [0, 0.1) is 0 Å². The van der Waals surface area contributed by atoms with Crippen molar-refractivity contribution in [2.75, 3.05) is 26.8 Å². The normalized spacial score (nSPS) is 16.2. The van der Waals surface area contributed by atoms with Crippen LogP contribution in [0.4, 0.5) is 13.2 Å². The highest BCUT2D eigenvalue weighted by Crippen LogP contribution is 2.37. The molecule has 1 saturated heterocycles. The van der Waals surface area contributed by atoms with Crippen LogP contribution >= 0.6 is 0 Å². The highest BCUT2D eigenvalue weighted by atomic mass is 19.4. The summed E-state index contributed by atoms with van der Waals surface area (Å²) >= 11 is 0. The summed E-state index contributed by atoms with van der Waals surface area (Å²) in [6.45, 7) is 2.58. The summed E-state index contributed by atoms with van der Waals surface area (Å²) in [4.78, 5) is 15.3. The summed E-state index contributed by atoms with van der Waals surface area (Å²) < 4.78 is 46.1. The maximum absolute atomic E-state index is 13.0. The van der Waals surface area contributed by atoms with Gasteiger partial charge in [-0.05, 0) is 44.1 Å². The number of hydrogen-bond donors (Lipinski definition) is 1. The van der Waals surface area contributed by atoms with Gasteiger partial charge < -0.3 is 14.4 Å². The van der Waals surface area contributed by atoms with Gasteiger partial charge in [-0.1, -0.05) is 0 Å². The van der Waals surface area contributed by atoms with E-state index in [1.807, 2.05) is 16.7 Å². The van der Waals surface area contributed by atoms with Crippen LogP contribution in [0.1, 0.15) is 35.8 Å². The number of nitrogens with zero attached hydrogens (tertiary/aromatic N) is 5. The van der Waals surface area contributed by atoms with E-state index in [0.717, 1.165) is 49.5 Å². The van der Waals surface area contributed by atoms with E-state index in [2.05, 4.69) is 19.9 Å². The number of ether oxygens (including phenoxy) is 1. The molecule has 7 nitrogen and oxygen atoms in total. The molecule has 4 heterocycles. The van der Waals surface area contributed by atoms with Crippen LogP contribution < -0.4 is 4.74 Å². The molecule has 0 atom stereocenters. The largest absolute Gasteiger partial charge is 0.495 e. The van der Waals surface area contributed by atoms with Crippen molar-refractivity contribution in [2.45, 2.75) is 38.0 Å². The first-order chi connectivity index (χ1) is 14.9. The van der Waals surface area contributed by atoms with Crippen LogP contribution in [0.3, 0.4) is 0 Å². The molecule has 0 bridgehead atoms. The third-order valence-corrected chi connectivity index (χ3v) is 5.70. The molecule has 1 aliphatic rings. The van der Waals surface area contributed by atoms with Gasteiger partial charge in [0.2, 0.25) is 0 Å². The molecule has 0 aliphatic carbocycles.